The van der Waals surface area contributed by atoms with Crippen LogP contribution < -0.4 is 5.32 Å². The van der Waals surface area contributed by atoms with Gasteiger partial charge in [-0.2, -0.15) is 0 Å². The molecular formula is C10H11F2NS. The van der Waals surface area contributed by atoms with Crippen molar-refractivity contribution in [1.29, 1.82) is 0 Å². The Morgan fingerprint density at radius 2 is 2.21 bits per heavy atom. The summed E-state index contributed by atoms with van der Waals surface area (Å²) in [5, 5.41) is 3.62. The summed E-state index contributed by atoms with van der Waals surface area (Å²) >= 11 is 1.67. The van der Waals surface area contributed by atoms with E-state index >= 15 is 0 Å². The maximum Gasteiger partial charge on any atom is 0.131 e. The van der Waals surface area contributed by atoms with Gasteiger partial charge in [0, 0.05) is 23.4 Å². The van der Waals surface area contributed by atoms with Crippen LogP contribution >= 0.6 is 11.8 Å². The number of halogens is 2. The maximum atomic E-state index is 13.3. The molecule has 0 radical (unpaired) electrons. The summed E-state index contributed by atoms with van der Waals surface area (Å²) in [7, 11) is 0. The van der Waals surface area contributed by atoms with E-state index < -0.39 is 11.6 Å². The van der Waals surface area contributed by atoms with Crippen molar-refractivity contribution in [2.24, 2.45) is 0 Å². The molecule has 1 heterocycles. The molecule has 0 spiro atoms. The summed E-state index contributed by atoms with van der Waals surface area (Å²) in [6, 6.07) is 3.73. The summed E-state index contributed by atoms with van der Waals surface area (Å²) < 4.78 is 26.0. The first kappa shape index (κ1) is 9.93. The first-order valence-electron chi connectivity index (χ1n) is 4.50. The molecule has 76 valence electrons. The van der Waals surface area contributed by atoms with Crippen molar-refractivity contribution in [3.8, 4) is 0 Å². The number of nitrogens with one attached hydrogen (secondary N) is 1. The highest BCUT2D eigenvalue weighted by atomic mass is 32.2. The summed E-state index contributed by atoms with van der Waals surface area (Å²) in [6.07, 6.45) is 0. The van der Waals surface area contributed by atoms with Crippen LogP contribution in [0.2, 0.25) is 0 Å². The Kier molecular flexibility index (Phi) is 2.74. The average molecular weight is 215 g/mol. The number of hydrogen-bond donors (Lipinski definition) is 1. The molecule has 1 aliphatic rings. The molecule has 0 aromatic heterocycles. The molecule has 2 rings (SSSR count). The molecule has 2 atom stereocenters. The normalized spacial score (nSPS) is 26.8. The fourth-order valence-electron chi connectivity index (χ4n) is 1.50. The predicted molar refractivity (Wildman–Crippen MR) is 54.2 cm³/mol. The molecule has 2 unspecified atom stereocenters. The molecule has 0 aliphatic carbocycles. The van der Waals surface area contributed by atoms with Crippen molar-refractivity contribution in [2.45, 2.75) is 17.5 Å². The Morgan fingerprint density at radius 3 is 2.79 bits per heavy atom. The lowest BCUT2D eigenvalue weighted by atomic mass is 10.2. The van der Waals surface area contributed by atoms with Crippen LogP contribution in [0.5, 0.6) is 0 Å². The molecule has 4 heteroatoms. The highest BCUT2D eigenvalue weighted by Gasteiger charge is 2.24. The van der Waals surface area contributed by atoms with Gasteiger partial charge in [0.15, 0.2) is 0 Å². The second-order valence-corrected chi connectivity index (χ2v) is 4.95. The molecule has 0 bridgehead atoms. The zero-order valence-electron chi connectivity index (χ0n) is 7.76. The fraction of sp³-hybridized carbons (Fsp3) is 0.400. The molecule has 1 aliphatic heterocycles. The van der Waals surface area contributed by atoms with E-state index in [9.17, 15) is 8.78 Å². The second-order valence-electron chi connectivity index (χ2n) is 3.40. The number of rotatable bonds is 1. The largest absolute Gasteiger partial charge is 0.300 e. The third kappa shape index (κ3) is 1.91. The molecule has 1 nitrogen and oxygen atoms in total. The zero-order valence-corrected chi connectivity index (χ0v) is 8.57. The topological polar surface area (TPSA) is 12.0 Å². The van der Waals surface area contributed by atoms with Crippen LogP contribution in [0.1, 0.15) is 17.9 Å². The van der Waals surface area contributed by atoms with E-state index in [-0.39, 0.29) is 5.37 Å². The van der Waals surface area contributed by atoms with Crippen LogP contribution in [0.15, 0.2) is 18.2 Å². The Balaban J connectivity index is 2.24. The third-order valence-corrected chi connectivity index (χ3v) is 3.53. The van der Waals surface area contributed by atoms with E-state index in [0.717, 1.165) is 12.6 Å². The SMILES string of the molecule is CC1CNC(c2ccc(F)cc2F)S1. The van der Waals surface area contributed by atoms with Gasteiger partial charge >= 0.3 is 0 Å². The number of benzene rings is 1. The average Bonchev–Trinajstić information content (AvgIpc) is 2.51. The predicted octanol–water partition coefficient (Wildman–Crippen LogP) is 2.69. The van der Waals surface area contributed by atoms with Crippen molar-refractivity contribution in [1.82, 2.24) is 5.32 Å². The van der Waals surface area contributed by atoms with Crippen LogP contribution in [0.3, 0.4) is 0 Å². The smallest absolute Gasteiger partial charge is 0.131 e. The maximum absolute atomic E-state index is 13.3. The van der Waals surface area contributed by atoms with E-state index in [1.54, 1.807) is 11.8 Å². The van der Waals surface area contributed by atoms with Gasteiger partial charge in [-0.1, -0.05) is 13.0 Å². The Labute approximate surface area is 85.9 Å². The highest BCUT2D eigenvalue weighted by Crippen LogP contribution is 2.35. The lowest BCUT2D eigenvalue weighted by molar-refractivity contribution is 0.563. The molecule has 1 N–H and O–H groups in total. The van der Waals surface area contributed by atoms with Crippen molar-refractivity contribution < 1.29 is 8.78 Å². The minimum atomic E-state index is -0.526. The van der Waals surface area contributed by atoms with Crippen LogP contribution in [0.4, 0.5) is 8.78 Å². The Hall–Kier alpha value is -0.610. The zero-order chi connectivity index (χ0) is 10.1. The minimum absolute atomic E-state index is 0.0365. The van der Waals surface area contributed by atoms with Gasteiger partial charge in [-0.25, -0.2) is 8.78 Å². The minimum Gasteiger partial charge on any atom is -0.300 e. The van der Waals surface area contributed by atoms with Gasteiger partial charge in [-0.05, 0) is 6.07 Å². The molecule has 0 saturated carbocycles. The van der Waals surface area contributed by atoms with Crippen LogP contribution in [-0.2, 0) is 0 Å². The van der Waals surface area contributed by atoms with Gasteiger partial charge in [0.2, 0.25) is 0 Å². The van der Waals surface area contributed by atoms with Crippen molar-refractivity contribution in [3.63, 3.8) is 0 Å². The molecule has 14 heavy (non-hydrogen) atoms. The van der Waals surface area contributed by atoms with Gasteiger partial charge in [0.05, 0.1) is 5.37 Å². The van der Waals surface area contributed by atoms with Gasteiger partial charge in [0.1, 0.15) is 11.6 Å². The first-order chi connectivity index (χ1) is 6.66. The second kappa shape index (κ2) is 3.87. The van der Waals surface area contributed by atoms with Crippen LogP contribution in [0.25, 0.3) is 0 Å². The summed E-state index contributed by atoms with van der Waals surface area (Å²) in [4.78, 5) is 0. The number of hydrogen-bond acceptors (Lipinski definition) is 2. The van der Waals surface area contributed by atoms with Gasteiger partial charge in [0.25, 0.3) is 0 Å². The third-order valence-electron chi connectivity index (χ3n) is 2.20. The van der Waals surface area contributed by atoms with E-state index in [1.807, 2.05) is 0 Å². The molecule has 1 saturated heterocycles. The highest BCUT2D eigenvalue weighted by molar-refractivity contribution is 8.00. The van der Waals surface area contributed by atoms with Gasteiger partial charge in [-0.15, -0.1) is 11.8 Å². The van der Waals surface area contributed by atoms with Crippen LogP contribution in [0, 0.1) is 11.6 Å². The van der Waals surface area contributed by atoms with Gasteiger partial charge in [-0.3, -0.25) is 0 Å². The molecule has 1 aromatic carbocycles. The lowest BCUT2D eigenvalue weighted by Crippen LogP contribution is -2.14. The summed E-state index contributed by atoms with van der Waals surface area (Å²) in [5.74, 6) is -0.994. The molecule has 0 amide bonds. The lowest BCUT2D eigenvalue weighted by Gasteiger charge is -2.10. The molecular weight excluding hydrogens is 204 g/mol. The summed E-state index contributed by atoms with van der Waals surface area (Å²) in [6.45, 7) is 2.95. The van der Waals surface area contributed by atoms with E-state index in [1.165, 1.54) is 12.1 Å². The molecule has 1 aromatic rings. The van der Waals surface area contributed by atoms with Gasteiger partial charge < -0.3 is 5.32 Å². The van der Waals surface area contributed by atoms with Crippen molar-refractivity contribution in [3.05, 3.63) is 35.4 Å². The van der Waals surface area contributed by atoms with Crippen molar-refractivity contribution in [2.75, 3.05) is 6.54 Å². The Morgan fingerprint density at radius 1 is 1.43 bits per heavy atom. The van der Waals surface area contributed by atoms with E-state index in [0.29, 0.717) is 10.8 Å². The summed E-state index contributed by atoms with van der Waals surface area (Å²) in [5.41, 5.74) is 0.542. The Bertz CT molecular complexity index is 343. The number of thioether (sulfide) groups is 1. The van der Waals surface area contributed by atoms with Crippen LogP contribution in [-0.4, -0.2) is 11.8 Å². The standard InChI is InChI=1S/C10H11F2NS/c1-6-5-13-10(14-6)8-3-2-7(11)4-9(8)12/h2-4,6,10,13H,5H2,1H3. The first-order valence-corrected chi connectivity index (χ1v) is 5.45. The quantitative estimate of drug-likeness (QED) is 0.773. The van der Waals surface area contributed by atoms with E-state index in [2.05, 4.69) is 12.2 Å². The molecule has 1 fully saturated rings. The fourth-order valence-corrected chi connectivity index (χ4v) is 2.69. The van der Waals surface area contributed by atoms with E-state index in [4.69, 9.17) is 0 Å². The van der Waals surface area contributed by atoms with Crippen molar-refractivity contribution >= 4 is 11.8 Å². The monoisotopic (exact) mass is 215 g/mol.